The van der Waals surface area contributed by atoms with E-state index in [1.54, 1.807) is 12.1 Å². The van der Waals surface area contributed by atoms with Crippen LogP contribution in [0.3, 0.4) is 0 Å². The fraction of sp³-hybridized carbons (Fsp3) is 0.500. The maximum Gasteiger partial charge on any atom is 0.123 e. The highest BCUT2D eigenvalue weighted by Crippen LogP contribution is 2.18. The molecule has 1 rings (SSSR count). The molecule has 1 aromatic rings. The molecule has 0 saturated carbocycles. The van der Waals surface area contributed by atoms with Crippen LogP contribution in [0.5, 0.6) is 0 Å². The van der Waals surface area contributed by atoms with E-state index in [1.807, 2.05) is 11.8 Å². The molecule has 0 aromatic heterocycles. The molecule has 1 aromatic carbocycles. The molecule has 90 valence electrons. The van der Waals surface area contributed by atoms with E-state index in [4.69, 9.17) is 0 Å². The first-order valence-corrected chi connectivity index (χ1v) is 7.52. The van der Waals surface area contributed by atoms with Gasteiger partial charge in [0.2, 0.25) is 0 Å². The second-order valence-corrected chi connectivity index (χ2v) is 5.44. The zero-order valence-electron chi connectivity index (χ0n) is 9.59. The van der Waals surface area contributed by atoms with E-state index < -0.39 is 0 Å². The molecule has 0 saturated heterocycles. The molecule has 0 radical (unpaired) electrons. The van der Waals surface area contributed by atoms with Gasteiger partial charge in [-0.25, -0.2) is 4.39 Å². The lowest BCUT2D eigenvalue weighted by Crippen LogP contribution is -2.30. The van der Waals surface area contributed by atoms with Crippen molar-refractivity contribution in [1.29, 1.82) is 0 Å². The second-order valence-electron chi connectivity index (χ2n) is 3.68. The summed E-state index contributed by atoms with van der Waals surface area (Å²) in [6.07, 6.45) is 3.19. The third-order valence-corrected chi connectivity index (χ3v) is 3.96. The standard InChI is InChI=1S/C12H17BrFNS/c1-3-11(8-16-2)15-7-9-6-10(14)4-5-12(9)13/h4-6,11,15H,3,7-8H2,1-2H3. The minimum Gasteiger partial charge on any atom is -0.309 e. The van der Waals surface area contributed by atoms with Crippen LogP contribution in [0, 0.1) is 5.82 Å². The first kappa shape index (κ1) is 14.0. The summed E-state index contributed by atoms with van der Waals surface area (Å²) in [5, 5.41) is 3.44. The highest BCUT2D eigenvalue weighted by atomic mass is 79.9. The van der Waals surface area contributed by atoms with Gasteiger partial charge < -0.3 is 5.32 Å². The smallest absolute Gasteiger partial charge is 0.123 e. The average molecular weight is 306 g/mol. The average Bonchev–Trinajstić information content (AvgIpc) is 2.28. The summed E-state index contributed by atoms with van der Waals surface area (Å²) < 4.78 is 14.0. The summed E-state index contributed by atoms with van der Waals surface area (Å²) in [5.41, 5.74) is 0.972. The van der Waals surface area contributed by atoms with E-state index >= 15 is 0 Å². The van der Waals surface area contributed by atoms with Gasteiger partial charge in [-0.3, -0.25) is 0 Å². The monoisotopic (exact) mass is 305 g/mol. The zero-order valence-corrected chi connectivity index (χ0v) is 12.0. The lowest BCUT2D eigenvalue weighted by molar-refractivity contribution is 0.538. The van der Waals surface area contributed by atoms with Crippen molar-refractivity contribution in [3.8, 4) is 0 Å². The zero-order chi connectivity index (χ0) is 12.0. The Balaban J connectivity index is 2.55. The van der Waals surface area contributed by atoms with Crippen molar-refractivity contribution in [3.63, 3.8) is 0 Å². The van der Waals surface area contributed by atoms with E-state index in [9.17, 15) is 4.39 Å². The summed E-state index contributed by atoms with van der Waals surface area (Å²) in [6.45, 7) is 2.87. The summed E-state index contributed by atoms with van der Waals surface area (Å²) in [7, 11) is 0. The molecule has 4 heteroatoms. The summed E-state index contributed by atoms with van der Waals surface area (Å²) in [6, 6.07) is 5.28. The molecule has 1 unspecified atom stereocenters. The largest absolute Gasteiger partial charge is 0.309 e. The highest BCUT2D eigenvalue weighted by molar-refractivity contribution is 9.10. The number of hydrogen-bond acceptors (Lipinski definition) is 2. The van der Waals surface area contributed by atoms with Crippen molar-refractivity contribution >= 4 is 27.7 Å². The normalized spacial score (nSPS) is 12.8. The van der Waals surface area contributed by atoms with Gasteiger partial charge in [0.05, 0.1) is 0 Å². The Morgan fingerprint density at radius 2 is 2.25 bits per heavy atom. The lowest BCUT2D eigenvalue weighted by atomic mass is 10.2. The fourth-order valence-electron chi connectivity index (χ4n) is 1.46. The topological polar surface area (TPSA) is 12.0 Å². The first-order valence-electron chi connectivity index (χ1n) is 5.33. The molecular formula is C12H17BrFNS. The molecule has 0 amide bonds. The molecule has 1 N–H and O–H groups in total. The van der Waals surface area contributed by atoms with E-state index in [0.717, 1.165) is 22.2 Å². The van der Waals surface area contributed by atoms with Crippen LogP contribution in [0.4, 0.5) is 4.39 Å². The molecule has 1 nitrogen and oxygen atoms in total. The Kier molecular flexibility index (Phi) is 6.39. The quantitative estimate of drug-likeness (QED) is 0.857. The predicted octanol–water partition coefficient (Wildman–Crippen LogP) is 3.82. The molecule has 0 aliphatic heterocycles. The Labute approximate surface area is 109 Å². The van der Waals surface area contributed by atoms with Crippen molar-refractivity contribution in [2.45, 2.75) is 25.9 Å². The Morgan fingerprint density at radius 1 is 1.50 bits per heavy atom. The van der Waals surface area contributed by atoms with Crippen LogP contribution in [-0.2, 0) is 6.54 Å². The van der Waals surface area contributed by atoms with Crippen LogP contribution in [-0.4, -0.2) is 18.1 Å². The van der Waals surface area contributed by atoms with Gasteiger partial charge in [-0.15, -0.1) is 0 Å². The minimum absolute atomic E-state index is 0.182. The van der Waals surface area contributed by atoms with Gasteiger partial charge in [0.25, 0.3) is 0 Å². The molecule has 0 aliphatic carbocycles. The molecule has 0 spiro atoms. The first-order chi connectivity index (χ1) is 7.67. The van der Waals surface area contributed by atoms with E-state index in [0.29, 0.717) is 12.6 Å². The van der Waals surface area contributed by atoms with Crippen LogP contribution in [0.2, 0.25) is 0 Å². The third kappa shape index (κ3) is 4.44. The van der Waals surface area contributed by atoms with Gasteiger partial charge in [0.15, 0.2) is 0 Å². The van der Waals surface area contributed by atoms with Gasteiger partial charge in [0.1, 0.15) is 5.82 Å². The van der Waals surface area contributed by atoms with Gasteiger partial charge in [-0.1, -0.05) is 22.9 Å². The second kappa shape index (κ2) is 7.30. The van der Waals surface area contributed by atoms with E-state index in [2.05, 4.69) is 34.4 Å². The van der Waals surface area contributed by atoms with Gasteiger partial charge in [0, 0.05) is 22.8 Å². The van der Waals surface area contributed by atoms with Gasteiger partial charge >= 0.3 is 0 Å². The van der Waals surface area contributed by atoms with E-state index in [-0.39, 0.29) is 5.82 Å². The Bertz CT molecular complexity index is 333. The number of nitrogens with one attached hydrogen (secondary N) is 1. The number of hydrogen-bond donors (Lipinski definition) is 1. The van der Waals surface area contributed by atoms with Crippen molar-refractivity contribution < 1.29 is 4.39 Å². The molecule has 1 atom stereocenters. The minimum atomic E-state index is -0.182. The number of halogens is 2. The number of thioether (sulfide) groups is 1. The fourth-order valence-corrected chi connectivity index (χ4v) is 2.60. The number of rotatable bonds is 6. The summed E-state index contributed by atoms with van der Waals surface area (Å²) in [4.78, 5) is 0. The van der Waals surface area contributed by atoms with Crippen molar-refractivity contribution in [3.05, 3.63) is 34.1 Å². The maximum absolute atomic E-state index is 13.0. The Morgan fingerprint density at radius 3 is 2.88 bits per heavy atom. The van der Waals surface area contributed by atoms with Crippen LogP contribution >= 0.6 is 27.7 Å². The highest BCUT2D eigenvalue weighted by Gasteiger charge is 2.06. The maximum atomic E-state index is 13.0. The predicted molar refractivity (Wildman–Crippen MR) is 73.4 cm³/mol. The molecule has 0 bridgehead atoms. The van der Waals surface area contributed by atoms with Crippen molar-refractivity contribution in [2.75, 3.05) is 12.0 Å². The van der Waals surface area contributed by atoms with Crippen LogP contribution < -0.4 is 5.32 Å². The molecular weight excluding hydrogens is 289 g/mol. The van der Waals surface area contributed by atoms with Crippen LogP contribution in [0.15, 0.2) is 22.7 Å². The number of benzene rings is 1. The molecule has 0 aliphatic rings. The van der Waals surface area contributed by atoms with Gasteiger partial charge in [-0.05, 0) is 36.4 Å². The summed E-state index contributed by atoms with van der Waals surface area (Å²) in [5.74, 6) is 0.904. The molecule has 16 heavy (non-hydrogen) atoms. The van der Waals surface area contributed by atoms with Gasteiger partial charge in [-0.2, -0.15) is 11.8 Å². The lowest BCUT2D eigenvalue weighted by Gasteiger charge is -2.16. The van der Waals surface area contributed by atoms with E-state index in [1.165, 1.54) is 6.07 Å². The van der Waals surface area contributed by atoms with Crippen molar-refractivity contribution in [2.24, 2.45) is 0 Å². The third-order valence-electron chi connectivity index (χ3n) is 2.45. The molecule has 0 fully saturated rings. The molecule has 0 heterocycles. The van der Waals surface area contributed by atoms with Crippen molar-refractivity contribution in [1.82, 2.24) is 5.32 Å². The summed E-state index contributed by atoms with van der Waals surface area (Å²) >= 11 is 5.26. The Hall–Kier alpha value is -0.0600. The SMILES string of the molecule is CCC(CSC)NCc1cc(F)ccc1Br. The van der Waals surface area contributed by atoms with Crippen LogP contribution in [0.25, 0.3) is 0 Å². The van der Waals surface area contributed by atoms with Crippen LogP contribution in [0.1, 0.15) is 18.9 Å².